The summed E-state index contributed by atoms with van der Waals surface area (Å²) in [5.41, 5.74) is 1.65. The van der Waals surface area contributed by atoms with Crippen molar-refractivity contribution in [2.45, 2.75) is 66.3 Å². The second-order valence-corrected chi connectivity index (χ2v) is 13.3. The summed E-state index contributed by atoms with van der Waals surface area (Å²) in [5.74, 6) is -3.74. The van der Waals surface area contributed by atoms with Crippen molar-refractivity contribution in [1.82, 2.24) is 19.5 Å². The van der Waals surface area contributed by atoms with E-state index in [4.69, 9.17) is 33.5 Å². The lowest BCUT2D eigenvalue weighted by Crippen LogP contribution is -2.34. The number of carbonyl (C=O) groups excluding carboxylic acids is 2. The maximum atomic E-state index is 16.1. The highest BCUT2D eigenvalue weighted by Gasteiger charge is 2.51. The van der Waals surface area contributed by atoms with Crippen LogP contribution < -0.4 is 11.3 Å². The number of nitrogens with two attached hydrogens (primary N) is 1. The highest BCUT2D eigenvalue weighted by Crippen LogP contribution is 2.52. The van der Waals surface area contributed by atoms with Crippen molar-refractivity contribution in [3.8, 4) is 0 Å². The quantitative estimate of drug-likeness (QED) is 0.233. The van der Waals surface area contributed by atoms with Crippen LogP contribution in [0.25, 0.3) is 11.2 Å². The van der Waals surface area contributed by atoms with Gasteiger partial charge in [0.1, 0.15) is 6.61 Å². The molecule has 15 nitrogen and oxygen atoms in total. The van der Waals surface area contributed by atoms with Crippen molar-refractivity contribution in [2.75, 3.05) is 32.5 Å². The van der Waals surface area contributed by atoms with Crippen LogP contribution in [0.3, 0.4) is 0 Å². The largest absolute Gasteiger partial charge is 0.480 e. The molecule has 0 aromatic carbocycles. The number of hydrogen-bond acceptors (Lipinski definition) is 13. The van der Waals surface area contributed by atoms with Gasteiger partial charge in [-0.15, -0.1) is 0 Å². The molecule has 0 saturated carbocycles. The van der Waals surface area contributed by atoms with E-state index in [1.807, 2.05) is 0 Å². The molecule has 3 heterocycles. The number of esters is 2. The topological polar surface area (TPSA) is 196 Å². The monoisotopic (exact) mass is 591 g/mol. The van der Waals surface area contributed by atoms with Crippen molar-refractivity contribution in [2.24, 2.45) is 10.8 Å². The van der Waals surface area contributed by atoms with Crippen LogP contribution >= 0.6 is 7.82 Å². The SMILES string of the molecule is CC1(COP(=O)(OCOC(=O)C(C)(C)C)OCOC(=O)C(C)(C)C)CC(F)(n2cnc3c(=O)[nH]c(N)nc32)CO1. The van der Waals surface area contributed by atoms with E-state index in [0.29, 0.717) is 0 Å². The van der Waals surface area contributed by atoms with E-state index >= 15 is 4.39 Å². The number of phosphoric ester groups is 1. The van der Waals surface area contributed by atoms with Crippen LogP contribution in [0.15, 0.2) is 11.1 Å². The van der Waals surface area contributed by atoms with E-state index < -0.39 is 74.3 Å². The van der Waals surface area contributed by atoms with Gasteiger partial charge in [0.15, 0.2) is 11.2 Å². The number of hydrogen-bond donors (Lipinski definition) is 2. The predicted molar refractivity (Wildman–Crippen MR) is 137 cm³/mol. The van der Waals surface area contributed by atoms with Gasteiger partial charge in [0.25, 0.3) is 5.56 Å². The number of aromatic nitrogens is 4. The molecule has 2 unspecified atom stereocenters. The number of halogens is 1. The molecule has 3 rings (SSSR count). The van der Waals surface area contributed by atoms with Crippen LogP contribution in [0.2, 0.25) is 0 Å². The van der Waals surface area contributed by atoms with E-state index in [1.54, 1.807) is 41.5 Å². The number of nitrogens with one attached hydrogen (secondary N) is 1. The molecular weight excluding hydrogens is 556 g/mol. The highest BCUT2D eigenvalue weighted by molar-refractivity contribution is 7.48. The number of carbonyl (C=O) groups is 2. The molecule has 1 aliphatic heterocycles. The summed E-state index contributed by atoms with van der Waals surface area (Å²) in [4.78, 5) is 46.4. The Kier molecular flexibility index (Phi) is 8.82. The minimum absolute atomic E-state index is 0.0869. The third-order valence-electron chi connectivity index (χ3n) is 5.70. The number of fused-ring (bicyclic) bond motifs is 1. The first-order chi connectivity index (χ1) is 18.3. The van der Waals surface area contributed by atoms with Crippen LogP contribution in [-0.2, 0) is 47.7 Å². The van der Waals surface area contributed by atoms with E-state index in [-0.39, 0.29) is 23.5 Å². The van der Waals surface area contributed by atoms with Crippen LogP contribution in [0.1, 0.15) is 54.9 Å². The summed E-state index contributed by atoms with van der Waals surface area (Å²) in [6.07, 6.45) is 0.754. The molecule has 2 aromatic heterocycles. The molecule has 0 amide bonds. The fourth-order valence-corrected chi connectivity index (χ4v) is 4.49. The number of rotatable bonds is 10. The first kappa shape index (κ1) is 31.6. The maximum absolute atomic E-state index is 16.1. The number of H-pyrrole nitrogens is 1. The lowest BCUT2D eigenvalue weighted by atomic mass is 9.98. The Bertz CT molecular complexity index is 1330. The van der Waals surface area contributed by atoms with Gasteiger partial charge >= 0.3 is 19.8 Å². The van der Waals surface area contributed by atoms with Gasteiger partial charge in [-0.05, 0) is 48.5 Å². The van der Waals surface area contributed by atoms with Crippen molar-refractivity contribution < 1.29 is 46.3 Å². The van der Waals surface area contributed by atoms with Crippen molar-refractivity contribution >= 4 is 36.9 Å². The predicted octanol–water partition coefficient (Wildman–Crippen LogP) is 2.75. The average molecular weight is 592 g/mol. The molecule has 0 bridgehead atoms. The number of nitrogen functional groups attached to an aromatic ring is 1. The summed E-state index contributed by atoms with van der Waals surface area (Å²) in [5, 5.41) is 0. The molecule has 2 aromatic rings. The Balaban J connectivity index is 1.72. The van der Waals surface area contributed by atoms with E-state index in [9.17, 15) is 18.9 Å². The Labute approximate surface area is 229 Å². The van der Waals surface area contributed by atoms with Crippen LogP contribution in [0, 0.1) is 10.8 Å². The standard InChI is InChI=1S/C23H35FN5O10P/c1-20(2,3)17(31)34-12-38-40(33,39-13-35-18(32)21(4,5)6)37-9-22(7)8-23(24,10-36-22)29-11-26-14-15(29)27-19(25)28-16(14)30/h11H,8-10,12-13H2,1-7H3,(H3,25,27,28,30). The number of imidazole rings is 1. The van der Waals surface area contributed by atoms with Gasteiger partial charge in [-0.2, -0.15) is 4.98 Å². The second-order valence-electron chi connectivity index (χ2n) is 11.6. The number of alkyl halides is 1. The Hall–Kier alpha value is -2.91. The first-order valence-electron chi connectivity index (χ1n) is 12.2. The molecule has 1 saturated heterocycles. The molecule has 2 atom stereocenters. The van der Waals surface area contributed by atoms with Gasteiger partial charge in [0.05, 0.1) is 29.4 Å². The molecule has 224 valence electrons. The Morgan fingerprint density at radius 2 is 1.68 bits per heavy atom. The molecule has 1 aliphatic rings. The highest BCUT2D eigenvalue weighted by atomic mass is 31.2. The molecule has 0 aliphatic carbocycles. The molecular formula is C23H35FN5O10P. The van der Waals surface area contributed by atoms with Gasteiger partial charge < -0.3 is 19.9 Å². The molecule has 1 fully saturated rings. The van der Waals surface area contributed by atoms with Gasteiger partial charge in [-0.25, -0.2) is 23.0 Å². The third-order valence-corrected chi connectivity index (χ3v) is 6.99. The molecule has 0 spiro atoms. The van der Waals surface area contributed by atoms with Gasteiger partial charge in [-0.3, -0.25) is 28.5 Å². The normalized spacial score (nSPS) is 22.0. The summed E-state index contributed by atoms with van der Waals surface area (Å²) < 4.78 is 61.7. The number of nitrogens with zero attached hydrogens (tertiary/aromatic N) is 3. The molecule has 3 N–H and O–H groups in total. The minimum Gasteiger partial charge on any atom is -0.437 e. The Morgan fingerprint density at radius 3 is 2.20 bits per heavy atom. The van der Waals surface area contributed by atoms with E-state index in [1.165, 1.54) is 6.92 Å². The van der Waals surface area contributed by atoms with E-state index in [0.717, 1.165) is 10.9 Å². The van der Waals surface area contributed by atoms with Gasteiger partial charge in [0, 0.05) is 6.42 Å². The number of phosphoric acid groups is 1. The lowest BCUT2D eigenvalue weighted by Gasteiger charge is -2.27. The summed E-state index contributed by atoms with van der Waals surface area (Å²) >= 11 is 0. The lowest BCUT2D eigenvalue weighted by molar-refractivity contribution is -0.164. The fourth-order valence-electron chi connectivity index (χ4n) is 3.48. The first-order valence-corrected chi connectivity index (χ1v) is 13.7. The van der Waals surface area contributed by atoms with Crippen LogP contribution in [0.5, 0.6) is 0 Å². The molecule has 0 radical (unpaired) electrons. The maximum Gasteiger partial charge on any atom is 0.480 e. The van der Waals surface area contributed by atoms with Crippen LogP contribution in [-0.4, -0.2) is 63.9 Å². The summed E-state index contributed by atoms with van der Waals surface area (Å²) in [6, 6.07) is 0. The van der Waals surface area contributed by atoms with Crippen molar-refractivity contribution in [3.05, 3.63) is 16.7 Å². The summed E-state index contributed by atoms with van der Waals surface area (Å²) in [7, 11) is -4.54. The molecule has 17 heteroatoms. The second kappa shape index (κ2) is 11.2. The number of anilines is 1. The zero-order chi connectivity index (χ0) is 30.1. The van der Waals surface area contributed by atoms with Crippen LogP contribution in [0.4, 0.5) is 10.3 Å². The molecule has 40 heavy (non-hydrogen) atoms. The number of ether oxygens (including phenoxy) is 3. The minimum atomic E-state index is -4.54. The average Bonchev–Trinajstić information content (AvgIpc) is 3.39. The van der Waals surface area contributed by atoms with Gasteiger partial charge in [0.2, 0.25) is 25.3 Å². The smallest absolute Gasteiger partial charge is 0.437 e. The van der Waals surface area contributed by atoms with E-state index in [2.05, 4.69) is 15.0 Å². The van der Waals surface area contributed by atoms with Crippen molar-refractivity contribution in [3.63, 3.8) is 0 Å². The number of aromatic amines is 1. The van der Waals surface area contributed by atoms with Gasteiger partial charge in [-0.1, -0.05) is 0 Å². The van der Waals surface area contributed by atoms with Crippen molar-refractivity contribution in [1.29, 1.82) is 0 Å². The summed E-state index contributed by atoms with van der Waals surface area (Å²) in [6.45, 7) is 8.55. The zero-order valence-corrected chi connectivity index (χ0v) is 24.3. The zero-order valence-electron chi connectivity index (χ0n) is 23.4. The third kappa shape index (κ3) is 7.43. The fraction of sp³-hybridized carbons (Fsp3) is 0.696. The Morgan fingerprint density at radius 1 is 1.12 bits per heavy atom.